The van der Waals surface area contributed by atoms with E-state index in [1.54, 1.807) is 12.1 Å². The molecule has 0 unspecified atom stereocenters. The van der Waals surface area contributed by atoms with Gasteiger partial charge in [-0.2, -0.15) is 0 Å². The van der Waals surface area contributed by atoms with Gasteiger partial charge >= 0.3 is 0 Å². The van der Waals surface area contributed by atoms with Gasteiger partial charge in [-0.05, 0) is 80.1 Å². The molecular weight excluding hydrogens is 401 g/mol. The molecule has 4 aromatic rings. The van der Waals surface area contributed by atoms with Crippen molar-refractivity contribution in [3.05, 3.63) is 89.0 Å². The van der Waals surface area contributed by atoms with Crippen LogP contribution in [0.25, 0.3) is 22.2 Å². The van der Waals surface area contributed by atoms with Gasteiger partial charge in [-0.15, -0.1) is 0 Å². The standard InChI is InChI=1S/C27H26FN3O/c1-17-9-14-23-24(18(17)2)30-26(29-23)27(3)15-6-16-31(27)25(32)22-8-5-4-7-21(22)19-10-12-20(28)13-11-19/h4-5,7-14H,6,15-16H2,1-3H3,(H,29,30)/t27-/m0/s1. The van der Waals surface area contributed by atoms with Crippen molar-refractivity contribution in [1.82, 2.24) is 14.9 Å². The lowest BCUT2D eigenvalue weighted by molar-refractivity contribution is 0.0607. The SMILES string of the molecule is Cc1ccc2[nH]c([C@]3(C)CCCN3C(=O)c3ccccc3-c3ccc(F)cc3)nc2c1C. The molecule has 5 rings (SSSR count). The minimum absolute atomic E-state index is 0.0294. The molecule has 1 fully saturated rings. The topological polar surface area (TPSA) is 49.0 Å². The van der Waals surface area contributed by atoms with Gasteiger partial charge in [-0.3, -0.25) is 4.79 Å². The van der Waals surface area contributed by atoms with Crippen molar-refractivity contribution in [2.45, 2.75) is 39.2 Å². The van der Waals surface area contributed by atoms with Crippen LogP contribution in [0.4, 0.5) is 4.39 Å². The highest BCUT2D eigenvalue weighted by molar-refractivity contribution is 6.01. The molecule has 0 bridgehead atoms. The number of H-pyrrole nitrogens is 1. The monoisotopic (exact) mass is 427 g/mol. The first kappa shape index (κ1) is 20.4. The van der Waals surface area contributed by atoms with Crippen molar-refractivity contribution >= 4 is 16.9 Å². The molecule has 1 N–H and O–H groups in total. The van der Waals surface area contributed by atoms with Crippen LogP contribution in [-0.4, -0.2) is 27.3 Å². The molecule has 1 aromatic heterocycles. The molecule has 0 spiro atoms. The number of nitrogens with zero attached hydrogens (tertiary/aromatic N) is 2. The zero-order valence-corrected chi connectivity index (χ0v) is 18.6. The maximum Gasteiger partial charge on any atom is 0.255 e. The lowest BCUT2D eigenvalue weighted by Crippen LogP contribution is -2.43. The van der Waals surface area contributed by atoms with Crippen LogP contribution in [0.15, 0.2) is 60.7 Å². The summed E-state index contributed by atoms with van der Waals surface area (Å²) in [5.74, 6) is 0.504. The van der Waals surface area contributed by atoms with E-state index in [9.17, 15) is 9.18 Å². The number of aromatic nitrogens is 2. The van der Waals surface area contributed by atoms with Gasteiger partial charge in [0, 0.05) is 12.1 Å². The smallest absolute Gasteiger partial charge is 0.255 e. The number of nitrogens with one attached hydrogen (secondary N) is 1. The van der Waals surface area contributed by atoms with E-state index in [1.165, 1.54) is 17.7 Å². The molecule has 3 aromatic carbocycles. The molecular formula is C27H26FN3O. The van der Waals surface area contributed by atoms with E-state index in [4.69, 9.17) is 4.98 Å². The Labute approximate surface area is 187 Å². The maximum absolute atomic E-state index is 13.8. The summed E-state index contributed by atoms with van der Waals surface area (Å²) in [6.45, 7) is 6.93. The summed E-state index contributed by atoms with van der Waals surface area (Å²) in [7, 11) is 0. The van der Waals surface area contributed by atoms with Gasteiger partial charge in [-0.1, -0.05) is 36.4 Å². The number of rotatable bonds is 3. The summed E-state index contributed by atoms with van der Waals surface area (Å²) in [6, 6.07) is 18.0. The molecule has 0 radical (unpaired) electrons. The molecule has 1 saturated heterocycles. The third-order valence-corrected chi connectivity index (χ3v) is 6.89. The lowest BCUT2D eigenvalue weighted by atomic mass is 9.95. The van der Waals surface area contributed by atoms with Crippen LogP contribution >= 0.6 is 0 Å². The minimum Gasteiger partial charge on any atom is -0.340 e. The van der Waals surface area contributed by atoms with Gasteiger partial charge in [0.2, 0.25) is 0 Å². The number of likely N-dealkylation sites (tertiary alicyclic amines) is 1. The molecule has 1 amide bonds. The van der Waals surface area contributed by atoms with Crippen molar-refractivity contribution in [3.63, 3.8) is 0 Å². The van der Waals surface area contributed by atoms with Crippen LogP contribution in [0, 0.1) is 19.7 Å². The summed E-state index contributed by atoms with van der Waals surface area (Å²) in [5.41, 5.74) is 6.05. The first-order valence-electron chi connectivity index (χ1n) is 11.0. The van der Waals surface area contributed by atoms with Gasteiger partial charge in [0.25, 0.3) is 5.91 Å². The number of amides is 1. The Bertz CT molecular complexity index is 1320. The Morgan fingerprint density at radius 1 is 1.06 bits per heavy atom. The molecule has 1 aliphatic rings. The fourth-order valence-electron chi connectivity index (χ4n) is 4.80. The number of hydrogen-bond acceptors (Lipinski definition) is 2. The largest absolute Gasteiger partial charge is 0.340 e. The van der Waals surface area contributed by atoms with Gasteiger partial charge in [0.1, 0.15) is 11.6 Å². The average Bonchev–Trinajstić information content (AvgIpc) is 3.42. The maximum atomic E-state index is 13.8. The highest BCUT2D eigenvalue weighted by Gasteiger charge is 2.44. The normalized spacial score (nSPS) is 18.4. The van der Waals surface area contributed by atoms with Crippen LogP contribution in [0.2, 0.25) is 0 Å². The quantitative estimate of drug-likeness (QED) is 0.427. The summed E-state index contributed by atoms with van der Waals surface area (Å²) in [5, 5.41) is 0. The van der Waals surface area contributed by atoms with Crippen LogP contribution in [0.5, 0.6) is 0 Å². The molecule has 1 atom stereocenters. The van der Waals surface area contributed by atoms with Crippen molar-refractivity contribution < 1.29 is 9.18 Å². The van der Waals surface area contributed by atoms with E-state index in [-0.39, 0.29) is 11.7 Å². The van der Waals surface area contributed by atoms with Gasteiger partial charge in [-0.25, -0.2) is 9.37 Å². The second kappa shape index (κ2) is 7.59. The fraction of sp³-hybridized carbons (Fsp3) is 0.259. The first-order valence-corrected chi connectivity index (χ1v) is 11.0. The zero-order chi connectivity index (χ0) is 22.5. The van der Waals surface area contributed by atoms with Crippen LogP contribution in [-0.2, 0) is 5.54 Å². The van der Waals surface area contributed by atoms with E-state index in [0.717, 1.165) is 46.4 Å². The summed E-state index contributed by atoms with van der Waals surface area (Å²) >= 11 is 0. The van der Waals surface area contributed by atoms with E-state index < -0.39 is 5.54 Å². The third-order valence-electron chi connectivity index (χ3n) is 6.89. The molecule has 2 heterocycles. The first-order chi connectivity index (χ1) is 15.4. The zero-order valence-electron chi connectivity index (χ0n) is 18.6. The number of carbonyl (C=O) groups excluding carboxylic acids is 1. The second-order valence-electron chi connectivity index (χ2n) is 8.88. The number of aromatic amines is 1. The Kier molecular flexibility index (Phi) is 4.85. The molecule has 162 valence electrons. The van der Waals surface area contributed by atoms with E-state index >= 15 is 0 Å². The number of fused-ring (bicyclic) bond motifs is 1. The summed E-state index contributed by atoms with van der Waals surface area (Å²) in [4.78, 5) is 24.2. The molecule has 32 heavy (non-hydrogen) atoms. The number of aryl methyl sites for hydroxylation is 2. The van der Waals surface area contributed by atoms with Gasteiger partial charge in [0.15, 0.2) is 0 Å². The molecule has 0 saturated carbocycles. The van der Waals surface area contributed by atoms with Crippen molar-refractivity contribution in [1.29, 1.82) is 0 Å². The van der Waals surface area contributed by atoms with Crippen LogP contribution in [0.3, 0.4) is 0 Å². The lowest BCUT2D eigenvalue weighted by Gasteiger charge is -2.34. The molecule has 1 aliphatic heterocycles. The number of benzene rings is 3. The number of halogens is 1. The predicted molar refractivity (Wildman–Crippen MR) is 125 cm³/mol. The summed E-state index contributed by atoms with van der Waals surface area (Å²) in [6.07, 6.45) is 1.76. The highest BCUT2D eigenvalue weighted by Crippen LogP contribution is 2.40. The van der Waals surface area contributed by atoms with E-state index in [2.05, 4.69) is 37.9 Å². The summed E-state index contributed by atoms with van der Waals surface area (Å²) < 4.78 is 13.5. The third kappa shape index (κ3) is 3.20. The number of imidazole rings is 1. The van der Waals surface area contributed by atoms with Crippen molar-refractivity contribution in [3.8, 4) is 11.1 Å². The molecule has 5 heteroatoms. The number of carbonyl (C=O) groups is 1. The number of hydrogen-bond donors (Lipinski definition) is 1. The highest BCUT2D eigenvalue weighted by atomic mass is 19.1. The van der Waals surface area contributed by atoms with Gasteiger partial charge < -0.3 is 9.88 Å². The fourth-order valence-corrected chi connectivity index (χ4v) is 4.80. The Morgan fingerprint density at radius 3 is 2.59 bits per heavy atom. The predicted octanol–water partition coefficient (Wildman–Crippen LogP) is 6.14. The molecule has 4 nitrogen and oxygen atoms in total. The molecule has 0 aliphatic carbocycles. The van der Waals surface area contributed by atoms with Crippen molar-refractivity contribution in [2.75, 3.05) is 6.54 Å². The Hall–Kier alpha value is -3.47. The van der Waals surface area contributed by atoms with Crippen molar-refractivity contribution in [2.24, 2.45) is 0 Å². The van der Waals surface area contributed by atoms with E-state index in [1.807, 2.05) is 29.2 Å². The average molecular weight is 428 g/mol. The van der Waals surface area contributed by atoms with Crippen LogP contribution in [0.1, 0.15) is 47.1 Å². The Balaban J connectivity index is 1.56. The van der Waals surface area contributed by atoms with Gasteiger partial charge in [0.05, 0.1) is 16.6 Å². The van der Waals surface area contributed by atoms with Crippen LogP contribution < -0.4 is 0 Å². The Morgan fingerprint density at radius 2 is 1.81 bits per heavy atom. The minimum atomic E-state index is -0.521. The van der Waals surface area contributed by atoms with E-state index in [0.29, 0.717) is 12.1 Å². The second-order valence-corrected chi connectivity index (χ2v) is 8.88.